The summed E-state index contributed by atoms with van der Waals surface area (Å²) in [5.41, 5.74) is 0.769. The van der Waals surface area contributed by atoms with Gasteiger partial charge in [0.15, 0.2) is 0 Å². The third kappa shape index (κ3) is 5.72. The van der Waals surface area contributed by atoms with Crippen LogP contribution in [-0.2, 0) is 6.61 Å². The van der Waals surface area contributed by atoms with E-state index >= 15 is 0 Å². The fraction of sp³-hybridized carbons (Fsp3) is 0.412. The lowest BCUT2D eigenvalue weighted by molar-refractivity contribution is 0.0713. The smallest absolute Gasteiger partial charge is 0.265 e. The van der Waals surface area contributed by atoms with Gasteiger partial charge in [-0.25, -0.2) is 4.98 Å². The standard InChI is InChI=1S/C17H20ClN3O2S.2ClH/c1-11-9-21(8-7-19-11)17(22)16-12(2)20-15(24-16)10-23-14-5-3-13(18)4-6-14;;/h3-6,11,19H,7-10H2,1-2H3;2*1H. The maximum absolute atomic E-state index is 12.7. The number of rotatable bonds is 4. The van der Waals surface area contributed by atoms with E-state index < -0.39 is 0 Å². The summed E-state index contributed by atoms with van der Waals surface area (Å²) in [6, 6.07) is 7.52. The van der Waals surface area contributed by atoms with Crippen molar-refractivity contribution in [2.75, 3.05) is 19.6 Å². The Balaban J connectivity index is 0.00000169. The molecule has 1 aliphatic heterocycles. The van der Waals surface area contributed by atoms with Gasteiger partial charge >= 0.3 is 0 Å². The van der Waals surface area contributed by atoms with Crippen LogP contribution in [0.5, 0.6) is 5.75 Å². The molecule has 0 aliphatic carbocycles. The first kappa shape index (κ1) is 23.0. The molecule has 0 spiro atoms. The highest BCUT2D eigenvalue weighted by Gasteiger charge is 2.25. The van der Waals surface area contributed by atoms with Gasteiger partial charge in [0.2, 0.25) is 0 Å². The van der Waals surface area contributed by atoms with Gasteiger partial charge in [-0.3, -0.25) is 4.79 Å². The number of halogens is 3. The van der Waals surface area contributed by atoms with E-state index in [-0.39, 0.29) is 30.7 Å². The van der Waals surface area contributed by atoms with Crippen molar-refractivity contribution in [3.05, 3.63) is 44.9 Å². The van der Waals surface area contributed by atoms with Crippen molar-refractivity contribution in [2.45, 2.75) is 26.5 Å². The van der Waals surface area contributed by atoms with Gasteiger partial charge in [-0.15, -0.1) is 36.2 Å². The molecule has 1 amide bonds. The molecule has 0 bridgehead atoms. The fourth-order valence-electron chi connectivity index (χ4n) is 2.65. The van der Waals surface area contributed by atoms with Crippen LogP contribution in [0.4, 0.5) is 0 Å². The third-order valence-electron chi connectivity index (χ3n) is 3.87. The van der Waals surface area contributed by atoms with E-state index in [2.05, 4.69) is 17.2 Å². The monoisotopic (exact) mass is 437 g/mol. The molecule has 1 fully saturated rings. The first-order valence-electron chi connectivity index (χ1n) is 7.90. The van der Waals surface area contributed by atoms with Crippen LogP contribution in [-0.4, -0.2) is 41.5 Å². The number of aryl methyl sites for hydroxylation is 1. The molecule has 5 nitrogen and oxygen atoms in total. The first-order valence-corrected chi connectivity index (χ1v) is 9.09. The minimum absolute atomic E-state index is 0. The van der Waals surface area contributed by atoms with Gasteiger partial charge in [0, 0.05) is 30.7 Å². The number of nitrogens with zero attached hydrogens (tertiary/aromatic N) is 2. The number of carbonyl (C=O) groups excluding carboxylic acids is 1. The molecule has 9 heteroatoms. The number of carbonyl (C=O) groups is 1. The Morgan fingerprint density at radius 2 is 2.08 bits per heavy atom. The number of hydrogen-bond acceptors (Lipinski definition) is 5. The van der Waals surface area contributed by atoms with Crippen molar-refractivity contribution >= 4 is 53.7 Å². The van der Waals surface area contributed by atoms with Crippen molar-refractivity contribution in [3.63, 3.8) is 0 Å². The van der Waals surface area contributed by atoms with Gasteiger partial charge in [-0.1, -0.05) is 11.6 Å². The molecule has 0 saturated carbocycles. The molecule has 1 atom stereocenters. The van der Waals surface area contributed by atoms with Gasteiger partial charge in [0.1, 0.15) is 22.2 Å². The maximum atomic E-state index is 12.7. The molecular weight excluding hydrogens is 417 g/mol. The Bertz CT molecular complexity index is 725. The molecular formula is C17H22Cl3N3O2S. The summed E-state index contributed by atoms with van der Waals surface area (Å²) in [5, 5.41) is 4.82. The van der Waals surface area contributed by atoms with Crippen LogP contribution in [0.15, 0.2) is 24.3 Å². The summed E-state index contributed by atoms with van der Waals surface area (Å²) in [6.45, 7) is 6.60. The molecule has 1 aliphatic rings. The SMILES string of the molecule is Cc1nc(COc2ccc(Cl)cc2)sc1C(=O)N1CCNC(C)C1.Cl.Cl. The zero-order valence-corrected chi connectivity index (χ0v) is 17.7. The normalized spacial score (nSPS) is 16.4. The molecule has 26 heavy (non-hydrogen) atoms. The number of benzene rings is 1. The van der Waals surface area contributed by atoms with Crippen molar-refractivity contribution < 1.29 is 9.53 Å². The second-order valence-corrected chi connectivity index (χ2v) is 7.39. The van der Waals surface area contributed by atoms with Crippen molar-refractivity contribution in [1.29, 1.82) is 0 Å². The summed E-state index contributed by atoms with van der Waals surface area (Å²) in [6.07, 6.45) is 0. The van der Waals surface area contributed by atoms with Crippen LogP contribution in [0.25, 0.3) is 0 Å². The molecule has 2 heterocycles. The van der Waals surface area contributed by atoms with E-state index in [1.165, 1.54) is 11.3 Å². The maximum Gasteiger partial charge on any atom is 0.265 e. The molecule has 1 unspecified atom stereocenters. The molecule has 1 aromatic heterocycles. The van der Waals surface area contributed by atoms with Crippen LogP contribution >= 0.6 is 47.8 Å². The molecule has 3 rings (SSSR count). The fourth-order valence-corrected chi connectivity index (χ4v) is 3.72. The third-order valence-corrected chi connectivity index (χ3v) is 5.24. The molecule has 2 aromatic rings. The summed E-state index contributed by atoms with van der Waals surface area (Å²) < 4.78 is 5.71. The van der Waals surface area contributed by atoms with Gasteiger partial charge in [0.05, 0.1) is 5.69 Å². The van der Waals surface area contributed by atoms with Crippen molar-refractivity contribution in [1.82, 2.24) is 15.2 Å². The average molecular weight is 439 g/mol. The first-order chi connectivity index (χ1) is 11.5. The number of aromatic nitrogens is 1. The molecule has 1 aromatic carbocycles. The Hall–Kier alpha value is -1.05. The highest BCUT2D eigenvalue weighted by Crippen LogP contribution is 2.23. The summed E-state index contributed by atoms with van der Waals surface area (Å²) in [4.78, 5) is 19.8. The van der Waals surface area contributed by atoms with E-state index in [1.807, 2.05) is 24.0 Å². The molecule has 144 valence electrons. The topological polar surface area (TPSA) is 54.5 Å². The predicted molar refractivity (Wildman–Crippen MR) is 110 cm³/mol. The van der Waals surface area contributed by atoms with Gasteiger partial charge < -0.3 is 15.0 Å². The second kappa shape index (κ2) is 10.3. The molecule has 1 N–H and O–H groups in total. The van der Waals surface area contributed by atoms with E-state index in [4.69, 9.17) is 16.3 Å². The lowest BCUT2D eigenvalue weighted by Gasteiger charge is -2.31. The molecule has 0 radical (unpaired) electrons. The van der Waals surface area contributed by atoms with Crippen molar-refractivity contribution in [2.24, 2.45) is 0 Å². The van der Waals surface area contributed by atoms with Crippen LogP contribution in [0.3, 0.4) is 0 Å². The van der Waals surface area contributed by atoms with Crippen molar-refractivity contribution in [3.8, 4) is 5.75 Å². The second-order valence-electron chi connectivity index (χ2n) is 5.87. The number of ether oxygens (including phenoxy) is 1. The Morgan fingerprint density at radius 3 is 2.73 bits per heavy atom. The van der Waals surface area contributed by atoms with Gasteiger partial charge in [-0.2, -0.15) is 0 Å². The van der Waals surface area contributed by atoms with E-state index in [1.54, 1.807) is 12.1 Å². The highest BCUT2D eigenvalue weighted by molar-refractivity contribution is 7.13. The Labute approximate surface area is 174 Å². The summed E-state index contributed by atoms with van der Waals surface area (Å²) >= 11 is 7.27. The van der Waals surface area contributed by atoms with E-state index in [0.717, 1.165) is 36.1 Å². The Kier molecular flexibility index (Phi) is 9.13. The summed E-state index contributed by atoms with van der Waals surface area (Å²) in [7, 11) is 0. The minimum atomic E-state index is 0. The number of amides is 1. The lowest BCUT2D eigenvalue weighted by atomic mass is 10.2. The number of hydrogen-bond donors (Lipinski definition) is 1. The predicted octanol–water partition coefficient (Wildman–Crippen LogP) is 3.96. The lowest BCUT2D eigenvalue weighted by Crippen LogP contribution is -2.51. The highest BCUT2D eigenvalue weighted by atomic mass is 35.5. The van der Waals surface area contributed by atoms with Crippen LogP contribution in [0.1, 0.15) is 27.3 Å². The van der Waals surface area contributed by atoms with Crippen LogP contribution in [0, 0.1) is 6.92 Å². The summed E-state index contributed by atoms with van der Waals surface area (Å²) in [5.74, 6) is 0.798. The number of piperazine rings is 1. The Morgan fingerprint density at radius 1 is 1.38 bits per heavy atom. The van der Waals surface area contributed by atoms with Gasteiger partial charge in [-0.05, 0) is 38.1 Å². The number of nitrogens with one attached hydrogen (secondary N) is 1. The largest absolute Gasteiger partial charge is 0.486 e. The average Bonchev–Trinajstić information content (AvgIpc) is 2.94. The van der Waals surface area contributed by atoms with Crippen LogP contribution < -0.4 is 10.1 Å². The number of thiazole rings is 1. The van der Waals surface area contributed by atoms with E-state index in [0.29, 0.717) is 22.5 Å². The minimum Gasteiger partial charge on any atom is -0.486 e. The quantitative estimate of drug-likeness (QED) is 0.785. The zero-order valence-electron chi connectivity index (χ0n) is 14.5. The van der Waals surface area contributed by atoms with E-state index in [9.17, 15) is 4.79 Å². The van der Waals surface area contributed by atoms with Gasteiger partial charge in [0.25, 0.3) is 5.91 Å². The molecule has 1 saturated heterocycles. The zero-order chi connectivity index (χ0) is 17.1. The van der Waals surface area contributed by atoms with Crippen LogP contribution in [0.2, 0.25) is 5.02 Å².